The zero-order valence-electron chi connectivity index (χ0n) is 19.3. The van der Waals surface area contributed by atoms with Crippen molar-refractivity contribution in [1.29, 1.82) is 0 Å². The lowest BCUT2D eigenvalue weighted by Crippen LogP contribution is -2.15. The monoisotopic (exact) mass is 468 g/mol. The molecular formula is C28H24N2O5. The number of para-hydroxylation sites is 1. The number of carbonyl (C=O) groups excluding carboxylic acids is 2. The lowest BCUT2D eigenvalue weighted by Gasteiger charge is -2.16. The van der Waals surface area contributed by atoms with E-state index in [0.717, 1.165) is 0 Å². The summed E-state index contributed by atoms with van der Waals surface area (Å²) in [6, 6.07) is 28.2. The molecule has 176 valence electrons. The summed E-state index contributed by atoms with van der Waals surface area (Å²) in [5.74, 6) is 1.44. The number of hydrogen-bond donors (Lipinski definition) is 2. The predicted octanol–water partition coefficient (Wildman–Crippen LogP) is 6.00. The molecule has 0 aliphatic rings. The molecule has 0 aliphatic carbocycles. The second-order valence-corrected chi connectivity index (χ2v) is 7.47. The Morgan fingerprint density at radius 1 is 0.571 bits per heavy atom. The molecule has 4 rings (SSSR count). The van der Waals surface area contributed by atoms with E-state index in [-0.39, 0.29) is 11.8 Å². The van der Waals surface area contributed by atoms with E-state index in [1.807, 2.05) is 36.4 Å². The number of ether oxygens (including phenoxy) is 3. The number of anilines is 2. The fourth-order valence-corrected chi connectivity index (χ4v) is 3.37. The Morgan fingerprint density at radius 2 is 1.00 bits per heavy atom. The SMILES string of the molecule is COc1cc(NC(=O)c2ccc(Oc3ccccc3)cc2)c(OC)cc1NC(=O)c1ccccc1. The van der Waals surface area contributed by atoms with Crippen molar-refractivity contribution in [3.63, 3.8) is 0 Å². The van der Waals surface area contributed by atoms with Crippen LogP contribution in [0.3, 0.4) is 0 Å². The average molecular weight is 469 g/mol. The molecule has 7 heteroatoms. The smallest absolute Gasteiger partial charge is 0.255 e. The first-order chi connectivity index (χ1) is 17.1. The lowest BCUT2D eigenvalue weighted by atomic mass is 10.1. The molecule has 4 aromatic carbocycles. The highest BCUT2D eigenvalue weighted by atomic mass is 16.5. The van der Waals surface area contributed by atoms with Gasteiger partial charge in [0.05, 0.1) is 25.6 Å². The third-order valence-corrected chi connectivity index (χ3v) is 5.15. The number of nitrogens with one attached hydrogen (secondary N) is 2. The molecule has 0 aliphatic heterocycles. The number of hydrogen-bond acceptors (Lipinski definition) is 5. The van der Waals surface area contributed by atoms with Gasteiger partial charge in [-0.05, 0) is 48.5 Å². The molecule has 0 saturated carbocycles. The van der Waals surface area contributed by atoms with Crippen LogP contribution in [0.5, 0.6) is 23.0 Å². The zero-order valence-corrected chi connectivity index (χ0v) is 19.3. The van der Waals surface area contributed by atoms with Gasteiger partial charge in [-0.2, -0.15) is 0 Å². The second kappa shape index (κ2) is 10.9. The molecule has 0 bridgehead atoms. The summed E-state index contributed by atoms with van der Waals surface area (Å²) in [5, 5.41) is 5.66. The third-order valence-electron chi connectivity index (χ3n) is 5.15. The normalized spacial score (nSPS) is 10.2. The largest absolute Gasteiger partial charge is 0.494 e. The fourth-order valence-electron chi connectivity index (χ4n) is 3.37. The van der Waals surface area contributed by atoms with Gasteiger partial charge in [-0.1, -0.05) is 36.4 Å². The summed E-state index contributed by atoms with van der Waals surface area (Å²) in [6.45, 7) is 0. The molecular weight excluding hydrogens is 444 g/mol. The molecule has 2 N–H and O–H groups in total. The van der Waals surface area contributed by atoms with Crippen LogP contribution in [0.1, 0.15) is 20.7 Å². The van der Waals surface area contributed by atoms with Crippen molar-refractivity contribution in [3.05, 3.63) is 108 Å². The first kappa shape index (κ1) is 23.4. The van der Waals surface area contributed by atoms with Crippen LogP contribution in [0.15, 0.2) is 97.1 Å². The van der Waals surface area contributed by atoms with Crippen LogP contribution in [0.25, 0.3) is 0 Å². The second-order valence-electron chi connectivity index (χ2n) is 7.47. The summed E-state index contributed by atoms with van der Waals surface area (Å²) < 4.78 is 16.7. The van der Waals surface area contributed by atoms with Crippen molar-refractivity contribution in [1.82, 2.24) is 0 Å². The maximum absolute atomic E-state index is 12.9. The van der Waals surface area contributed by atoms with Gasteiger partial charge in [-0.25, -0.2) is 0 Å². The highest BCUT2D eigenvalue weighted by Gasteiger charge is 2.17. The molecule has 0 radical (unpaired) electrons. The van der Waals surface area contributed by atoms with Crippen LogP contribution in [0.4, 0.5) is 11.4 Å². The Morgan fingerprint density at radius 3 is 1.49 bits per heavy atom. The zero-order chi connectivity index (χ0) is 24.6. The minimum atomic E-state index is -0.335. The Bertz CT molecular complexity index is 1310. The average Bonchev–Trinajstić information content (AvgIpc) is 2.90. The Labute approximate surface area is 203 Å². The number of methoxy groups -OCH3 is 2. The summed E-state index contributed by atoms with van der Waals surface area (Å²) in [4.78, 5) is 25.5. The van der Waals surface area contributed by atoms with E-state index in [1.165, 1.54) is 14.2 Å². The molecule has 4 aromatic rings. The molecule has 0 saturated heterocycles. The summed E-state index contributed by atoms with van der Waals surface area (Å²) in [6.07, 6.45) is 0. The van der Waals surface area contributed by atoms with Gasteiger partial charge in [0, 0.05) is 23.3 Å². The minimum Gasteiger partial charge on any atom is -0.494 e. The van der Waals surface area contributed by atoms with Crippen LogP contribution in [-0.2, 0) is 0 Å². The predicted molar refractivity (Wildman–Crippen MR) is 135 cm³/mol. The van der Waals surface area contributed by atoms with Gasteiger partial charge in [-0.15, -0.1) is 0 Å². The van der Waals surface area contributed by atoms with Crippen molar-refractivity contribution in [3.8, 4) is 23.0 Å². The number of rotatable bonds is 8. The van der Waals surface area contributed by atoms with Crippen LogP contribution >= 0.6 is 0 Å². The summed E-state index contributed by atoms with van der Waals surface area (Å²) in [7, 11) is 2.97. The standard InChI is InChI=1S/C28H24N2O5/c1-33-25-18-24(26(34-2)17-23(25)29-27(31)19-9-5-3-6-10-19)30-28(32)20-13-15-22(16-14-20)35-21-11-7-4-8-12-21/h3-18H,1-2H3,(H,29,31)(H,30,32). The number of amides is 2. The maximum atomic E-state index is 12.9. The summed E-state index contributed by atoms with van der Waals surface area (Å²) >= 11 is 0. The Balaban J connectivity index is 1.50. The van der Waals surface area contributed by atoms with E-state index in [9.17, 15) is 9.59 Å². The first-order valence-electron chi connectivity index (χ1n) is 10.8. The van der Waals surface area contributed by atoms with E-state index < -0.39 is 0 Å². The van der Waals surface area contributed by atoms with Gasteiger partial charge < -0.3 is 24.8 Å². The van der Waals surface area contributed by atoms with E-state index in [2.05, 4.69) is 10.6 Å². The van der Waals surface area contributed by atoms with E-state index in [1.54, 1.807) is 60.7 Å². The van der Waals surface area contributed by atoms with E-state index in [4.69, 9.17) is 14.2 Å². The van der Waals surface area contributed by atoms with E-state index >= 15 is 0 Å². The molecule has 2 amide bonds. The van der Waals surface area contributed by atoms with Gasteiger partial charge in [0.15, 0.2) is 0 Å². The molecule has 0 spiro atoms. The molecule has 0 aromatic heterocycles. The molecule has 0 atom stereocenters. The van der Waals surface area contributed by atoms with Crippen molar-refractivity contribution in [2.45, 2.75) is 0 Å². The van der Waals surface area contributed by atoms with E-state index in [0.29, 0.717) is 45.5 Å². The van der Waals surface area contributed by atoms with Crippen molar-refractivity contribution in [2.24, 2.45) is 0 Å². The highest BCUT2D eigenvalue weighted by Crippen LogP contribution is 2.37. The van der Waals surface area contributed by atoms with Crippen molar-refractivity contribution in [2.75, 3.05) is 24.9 Å². The number of carbonyl (C=O) groups is 2. The molecule has 7 nitrogen and oxygen atoms in total. The molecule has 0 unspecified atom stereocenters. The van der Waals surface area contributed by atoms with Crippen molar-refractivity contribution >= 4 is 23.2 Å². The number of benzene rings is 4. The highest BCUT2D eigenvalue weighted by molar-refractivity contribution is 6.07. The quantitative estimate of drug-likeness (QED) is 0.331. The molecule has 35 heavy (non-hydrogen) atoms. The molecule has 0 heterocycles. The van der Waals surface area contributed by atoms with Gasteiger partial charge in [0.1, 0.15) is 23.0 Å². The molecule has 0 fully saturated rings. The van der Waals surface area contributed by atoms with Crippen LogP contribution < -0.4 is 24.8 Å². The fraction of sp³-hybridized carbons (Fsp3) is 0.0714. The minimum absolute atomic E-state index is 0.291. The lowest BCUT2D eigenvalue weighted by molar-refractivity contribution is 0.101. The Kier molecular flexibility index (Phi) is 7.28. The third kappa shape index (κ3) is 5.78. The van der Waals surface area contributed by atoms with Gasteiger partial charge >= 0.3 is 0 Å². The van der Waals surface area contributed by atoms with Gasteiger partial charge in [-0.3, -0.25) is 9.59 Å². The van der Waals surface area contributed by atoms with Gasteiger partial charge in [0.2, 0.25) is 0 Å². The van der Waals surface area contributed by atoms with Crippen LogP contribution in [0.2, 0.25) is 0 Å². The van der Waals surface area contributed by atoms with Crippen molar-refractivity contribution < 1.29 is 23.8 Å². The van der Waals surface area contributed by atoms with Crippen LogP contribution in [-0.4, -0.2) is 26.0 Å². The first-order valence-corrected chi connectivity index (χ1v) is 10.8. The maximum Gasteiger partial charge on any atom is 0.255 e. The summed E-state index contributed by atoms with van der Waals surface area (Å²) in [5.41, 5.74) is 1.76. The van der Waals surface area contributed by atoms with Crippen LogP contribution in [0, 0.1) is 0 Å². The Hall–Kier alpha value is -4.78. The van der Waals surface area contributed by atoms with Gasteiger partial charge in [0.25, 0.3) is 11.8 Å². The topological polar surface area (TPSA) is 85.9 Å².